The Morgan fingerprint density at radius 1 is 1.36 bits per heavy atom. The lowest BCUT2D eigenvalue weighted by Gasteiger charge is -2.24. The van der Waals surface area contributed by atoms with Gasteiger partial charge in [0.05, 0.1) is 5.02 Å². The molecule has 0 amide bonds. The van der Waals surface area contributed by atoms with Gasteiger partial charge >= 0.3 is 0 Å². The lowest BCUT2D eigenvalue weighted by atomic mass is 9.90. The van der Waals surface area contributed by atoms with Crippen molar-refractivity contribution in [3.8, 4) is 0 Å². The van der Waals surface area contributed by atoms with Crippen LogP contribution < -0.4 is 5.73 Å². The van der Waals surface area contributed by atoms with Gasteiger partial charge in [0.1, 0.15) is 5.82 Å². The predicted molar refractivity (Wildman–Crippen MR) is 58.3 cm³/mol. The highest BCUT2D eigenvalue weighted by Crippen LogP contribution is 2.32. The van der Waals surface area contributed by atoms with Crippen molar-refractivity contribution < 1.29 is 4.39 Å². The van der Waals surface area contributed by atoms with Crippen molar-refractivity contribution in [2.24, 2.45) is 5.73 Å². The quantitative estimate of drug-likeness (QED) is 0.778. The van der Waals surface area contributed by atoms with Crippen molar-refractivity contribution in [3.05, 3.63) is 33.6 Å². The molecule has 14 heavy (non-hydrogen) atoms. The summed E-state index contributed by atoms with van der Waals surface area (Å²) in [5, 5.41) is 0.425. The molecule has 0 radical (unpaired) electrons. The van der Waals surface area contributed by atoms with Crippen molar-refractivity contribution in [2.45, 2.75) is 25.8 Å². The van der Waals surface area contributed by atoms with Crippen molar-refractivity contribution >= 4 is 23.2 Å². The van der Waals surface area contributed by atoms with Gasteiger partial charge in [-0.2, -0.15) is 0 Å². The third-order valence-corrected chi connectivity index (χ3v) is 2.96. The highest BCUT2D eigenvalue weighted by atomic mass is 35.5. The Hall–Kier alpha value is -0.310. The number of rotatable bonds is 2. The van der Waals surface area contributed by atoms with E-state index in [0.29, 0.717) is 17.0 Å². The van der Waals surface area contributed by atoms with Gasteiger partial charge in [0.2, 0.25) is 0 Å². The van der Waals surface area contributed by atoms with Crippen molar-refractivity contribution in [3.63, 3.8) is 0 Å². The Morgan fingerprint density at radius 3 is 2.43 bits per heavy atom. The van der Waals surface area contributed by atoms with Crippen LogP contribution in [0.25, 0.3) is 0 Å². The van der Waals surface area contributed by atoms with Crippen molar-refractivity contribution in [2.75, 3.05) is 0 Å². The molecule has 0 bridgehead atoms. The van der Waals surface area contributed by atoms with Crippen LogP contribution in [0.1, 0.15) is 25.8 Å². The molecule has 0 fully saturated rings. The third-order valence-electron chi connectivity index (χ3n) is 2.36. The largest absolute Gasteiger partial charge is 0.322 e. The molecule has 1 aromatic carbocycles. The zero-order chi connectivity index (χ0) is 10.9. The molecule has 78 valence electrons. The lowest BCUT2D eigenvalue weighted by molar-refractivity contribution is 0.472. The van der Waals surface area contributed by atoms with E-state index in [1.54, 1.807) is 0 Å². The molecule has 1 rings (SSSR count). The van der Waals surface area contributed by atoms with Gasteiger partial charge in [0.25, 0.3) is 0 Å². The van der Waals surface area contributed by atoms with E-state index in [-0.39, 0.29) is 5.02 Å². The summed E-state index contributed by atoms with van der Waals surface area (Å²) in [5.41, 5.74) is 5.93. The van der Waals surface area contributed by atoms with E-state index in [1.165, 1.54) is 12.1 Å². The van der Waals surface area contributed by atoms with Gasteiger partial charge in [0, 0.05) is 10.6 Å². The first kappa shape index (κ1) is 11.8. The first-order chi connectivity index (χ1) is 6.38. The summed E-state index contributed by atoms with van der Waals surface area (Å²) < 4.78 is 13.2. The maximum absolute atomic E-state index is 13.2. The molecule has 2 N–H and O–H groups in total. The van der Waals surface area contributed by atoms with Crippen LogP contribution in [0.3, 0.4) is 0 Å². The van der Waals surface area contributed by atoms with Crippen LogP contribution in [0, 0.1) is 5.82 Å². The number of benzene rings is 1. The van der Waals surface area contributed by atoms with E-state index in [1.807, 2.05) is 13.8 Å². The van der Waals surface area contributed by atoms with Crippen LogP contribution in [-0.4, -0.2) is 0 Å². The van der Waals surface area contributed by atoms with Gasteiger partial charge in [-0.15, -0.1) is 0 Å². The average Bonchev–Trinajstić information content (AvgIpc) is 2.11. The minimum atomic E-state index is -0.623. The van der Waals surface area contributed by atoms with E-state index in [0.717, 1.165) is 0 Å². The van der Waals surface area contributed by atoms with Gasteiger partial charge in [-0.25, -0.2) is 4.39 Å². The van der Waals surface area contributed by atoms with E-state index in [4.69, 9.17) is 28.9 Å². The molecule has 0 aliphatic heterocycles. The summed E-state index contributed by atoms with van der Waals surface area (Å²) in [6, 6.07) is 2.68. The fourth-order valence-electron chi connectivity index (χ4n) is 1.15. The smallest absolute Gasteiger partial charge is 0.142 e. The Kier molecular flexibility index (Phi) is 3.40. The third kappa shape index (κ3) is 2.19. The number of hydrogen-bond donors (Lipinski definition) is 1. The van der Waals surface area contributed by atoms with Gasteiger partial charge in [-0.3, -0.25) is 0 Å². The van der Waals surface area contributed by atoms with Crippen LogP contribution in [0.2, 0.25) is 10.0 Å². The zero-order valence-corrected chi connectivity index (χ0v) is 9.58. The lowest BCUT2D eigenvalue weighted by Crippen LogP contribution is -2.32. The van der Waals surface area contributed by atoms with E-state index >= 15 is 0 Å². The van der Waals surface area contributed by atoms with Crippen molar-refractivity contribution in [1.29, 1.82) is 0 Å². The molecule has 0 spiro atoms. The molecule has 0 aromatic heterocycles. The van der Waals surface area contributed by atoms with Crippen LogP contribution in [0.4, 0.5) is 4.39 Å². The maximum atomic E-state index is 13.2. The molecule has 4 heteroatoms. The zero-order valence-electron chi connectivity index (χ0n) is 8.07. The van der Waals surface area contributed by atoms with E-state index < -0.39 is 11.4 Å². The van der Waals surface area contributed by atoms with Gasteiger partial charge < -0.3 is 5.73 Å². The average molecular weight is 236 g/mol. The molecule has 1 atom stereocenters. The minimum Gasteiger partial charge on any atom is -0.322 e. The number of halogens is 3. The Balaban J connectivity index is 3.29. The Bertz CT molecular complexity index is 350. The minimum absolute atomic E-state index is 0.0191. The highest BCUT2D eigenvalue weighted by Gasteiger charge is 2.23. The number of hydrogen-bond acceptors (Lipinski definition) is 1. The van der Waals surface area contributed by atoms with Crippen LogP contribution in [0.15, 0.2) is 12.1 Å². The van der Waals surface area contributed by atoms with E-state index in [2.05, 4.69) is 0 Å². The summed E-state index contributed by atoms with van der Waals surface area (Å²) in [4.78, 5) is 0. The standard InChI is InChI=1S/C10H12Cl2FN/c1-3-10(2,14)6-4-9(13)8(12)5-7(6)11/h4-5H,3,14H2,1-2H3. The second-order valence-electron chi connectivity index (χ2n) is 3.52. The van der Waals surface area contributed by atoms with Crippen molar-refractivity contribution in [1.82, 2.24) is 0 Å². The summed E-state index contributed by atoms with van der Waals surface area (Å²) in [6.45, 7) is 3.73. The van der Waals surface area contributed by atoms with E-state index in [9.17, 15) is 4.39 Å². The monoisotopic (exact) mass is 235 g/mol. The molecule has 0 saturated heterocycles. The maximum Gasteiger partial charge on any atom is 0.142 e. The normalized spacial score (nSPS) is 15.3. The van der Waals surface area contributed by atoms with Gasteiger partial charge in [-0.05, 0) is 31.0 Å². The van der Waals surface area contributed by atoms with Crippen LogP contribution in [0.5, 0.6) is 0 Å². The van der Waals surface area contributed by atoms with Crippen LogP contribution >= 0.6 is 23.2 Å². The number of nitrogens with two attached hydrogens (primary N) is 1. The first-order valence-corrected chi connectivity index (χ1v) is 5.08. The second-order valence-corrected chi connectivity index (χ2v) is 4.33. The summed E-state index contributed by atoms with van der Waals surface area (Å²) in [5.74, 6) is -0.490. The predicted octanol–water partition coefficient (Wildman–Crippen LogP) is 3.72. The van der Waals surface area contributed by atoms with Gasteiger partial charge in [0.15, 0.2) is 0 Å². The molecule has 1 nitrogen and oxygen atoms in total. The molecule has 1 aromatic rings. The van der Waals surface area contributed by atoms with Crippen LogP contribution in [-0.2, 0) is 5.54 Å². The second kappa shape index (κ2) is 4.05. The first-order valence-electron chi connectivity index (χ1n) is 4.32. The molecule has 1 unspecified atom stereocenters. The molecule has 0 saturated carbocycles. The SMILES string of the molecule is CCC(C)(N)c1cc(F)c(Cl)cc1Cl. The molecule has 0 aliphatic carbocycles. The molecule has 0 aliphatic rings. The Morgan fingerprint density at radius 2 is 1.93 bits per heavy atom. The summed E-state index contributed by atoms with van der Waals surface area (Å²) in [6.07, 6.45) is 0.674. The fraction of sp³-hybridized carbons (Fsp3) is 0.400. The Labute approximate surface area is 93.0 Å². The molecular weight excluding hydrogens is 224 g/mol. The molecule has 0 heterocycles. The topological polar surface area (TPSA) is 26.0 Å². The fourth-order valence-corrected chi connectivity index (χ4v) is 1.75. The summed E-state index contributed by atoms with van der Waals surface area (Å²) >= 11 is 11.5. The van der Waals surface area contributed by atoms with Gasteiger partial charge in [-0.1, -0.05) is 30.1 Å². The summed E-state index contributed by atoms with van der Waals surface area (Å²) in [7, 11) is 0. The molecular formula is C10H12Cl2FN. The highest BCUT2D eigenvalue weighted by molar-refractivity contribution is 6.35.